The van der Waals surface area contributed by atoms with Gasteiger partial charge >= 0.3 is 0 Å². The number of carbonyl (C=O) groups excluding carboxylic acids is 1. The third-order valence-corrected chi connectivity index (χ3v) is 3.42. The van der Waals surface area contributed by atoms with Gasteiger partial charge in [-0.1, -0.05) is 28.1 Å². The molecule has 1 aromatic rings. The van der Waals surface area contributed by atoms with Crippen LogP contribution in [0.2, 0.25) is 0 Å². The Bertz CT molecular complexity index is 339. The van der Waals surface area contributed by atoms with Crippen LogP contribution in [0.1, 0.15) is 12.0 Å². The number of thioether (sulfide) groups is 1. The first-order valence-corrected chi connectivity index (χ1v) is 7.29. The van der Waals surface area contributed by atoms with Crippen LogP contribution in [0.15, 0.2) is 28.7 Å². The van der Waals surface area contributed by atoms with Gasteiger partial charge in [-0.25, -0.2) is 0 Å². The summed E-state index contributed by atoms with van der Waals surface area (Å²) in [4.78, 5) is 13.5. The smallest absolute Gasteiger partial charge is 0.223 e. The van der Waals surface area contributed by atoms with Crippen LogP contribution >= 0.6 is 27.7 Å². The van der Waals surface area contributed by atoms with Crippen molar-refractivity contribution in [2.24, 2.45) is 0 Å². The molecule has 0 aliphatic rings. The number of amides is 1. The summed E-state index contributed by atoms with van der Waals surface area (Å²) in [5, 5.41) is 0. The number of nitrogens with zero attached hydrogens (tertiary/aromatic N) is 1. The summed E-state index contributed by atoms with van der Waals surface area (Å²) >= 11 is 5.09. The standard InChI is InChI=1S/C12H16BrNOS/c1-14(12(15)7-8-16-2)9-10-3-5-11(13)6-4-10/h3-6H,7-9H2,1-2H3. The molecule has 0 aliphatic carbocycles. The van der Waals surface area contributed by atoms with Crippen LogP contribution in [0, 0.1) is 0 Å². The van der Waals surface area contributed by atoms with Crippen LogP contribution < -0.4 is 0 Å². The lowest BCUT2D eigenvalue weighted by atomic mass is 10.2. The third-order valence-electron chi connectivity index (χ3n) is 2.28. The molecule has 16 heavy (non-hydrogen) atoms. The van der Waals surface area contributed by atoms with Crippen LogP contribution in [0.4, 0.5) is 0 Å². The van der Waals surface area contributed by atoms with Gasteiger partial charge in [0.2, 0.25) is 5.91 Å². The number of hydrogen-bond donors (Lipinski definition) is 0. The van der Waals surface area contributed by atoms with Crippen molar-refractivity contribution in [2.45, 2.75) is 13.0 Å². The molecule has 0 N–H and O–H groups in total. The SMILES string of the molecule is CSCCC(=O)N(C)Cc1ccc(Br)cc1. The van der Waals surface area contributed by atoms with E-state index in [1.165, 1.54) is 0 Å². The van der Waals surface area contributed by atoms with E-state index < -0.39 is 0 Å². The fraction of sp³-hybridized carbons (Fsp3) is 0.417. The van der Waals surface area contributed by atoms with Crippen molar-refractivity contribution < 1.29 is 4.79 Å². The maximum absolute atomic E-state index is 11.7. The molecule has 2 nitrogen and oxygen atoms in total. The Morgan fingerprint density at radius 2 is 2.00 bits per heavy atom. The molecular weight excluding hydrogens is 286 g/mol. The summed E-state index contributed by atoms with van der Waals surface area (Å²) in [7, 11) is 1.85. The Balaban J connectivity index is 2.47. The zero-order chi connectivity index (χ0) is 12.0. The maximum atomic E-state index is 11.7. The molecule has 0 heterocycles. The Morgan fingerprint density at radius 3 is 2.56 bits per heavy atom. The fourth-order valence-corrected chi connectivity index (χ4v) is 1.98. The summed E-state index contributed by atoms with van der Waals surface area (Å²) in [6.07, 6.45) is 2.64. The molecule has 0 atom stereocenters. The van der Waals surface area contributed by atoms with Crippen LogP contribution in [-0.4, -0.2) is 29.9 Å². The summed E-state index contributed by atoms with van der Waals surface area (Å²) in [5.74, 6) is 1.10. The number of hydrogen-bond acceptors (Lipinski definition) is 2. The predicted molar refractivity (Wildman–Crippen MR) is 73.6 cm³/mol. The number of benzene rings is 1. The summed E-state index contributed by atoms with van der Waals surface area (Å²) in [5.41, 5.74) is 1.16. The largest absolute Gasteiger partial charge is 0.341 e. The van der Waals surface area contributed by atoms with E-state index in [2.05, 4.69) is 15.9 Å². The van der Waals surface area contributed by atoms with Gasteiger partial charge in [0, 0.05) is 30.2 Å². The summed E-state index contributed by atoms with van der Waals surface area (Å²) in [6.45, 7) is 0.681. The average molecular weight is 302 g/mol. The van der Waals surface area contributed by atoms with Crippen molar-refractivity contribution in [1.29, 1.82) is 0 Å². The quantitative estimate of drug-likeness (QED) is 0.833. The van der Waals surface area contributed by atoms with Gasteiger partial charge in [-0.05, 0) is 24.0 Å². The Hall–Kier alpha value is -0.480. The number of rotatable bonds is 5. The highest BCUT2D eigenvalue weighted by molar-refractivity contribution is 9.10. The first-order chi connectivity index (χ1) is 7.63. The minimum Gasteiger partial charge on any atom is -0.341 e. The molecule has 0 aliphatic heterocycles. The van der Waals surface area contributed by atoms with Gasteiger partial charge in [-0.2, -0.15) is 11.8 Å². The molecule has 1 amide bonds. The molecule has 0 fully saturated rings. The number of halogens is 1. The summed E-state index contributed by atoms with van der Waals surface area (Å²) < 4.78 is 1.06. The fourth-order valence-electron chi connectivity index (χ4n) is 1.33. The molecule has 0 unspecified atom stereocenters. The highest BCUT2D eigenvalue weighted by atomic mass is 79.9. The van der Waals surface area contributed by atoms with Crippen molar-refractivity contribution >= 4 is 33.6 Å². The van der Waals surface area contributed by atoms with Crippen molar-refractivity contribution in [1.82, 2.24) is 4.90 Å². The van der Waals surface area contributed by atoms with E-state index >= 15 is 0 Å². The second-order valence-corrected chi connectivity index (χ2v) is 5.52. The van der Waals surface area contributed by atoms with E-state index in [9.17, 15) is 4.79 Å². The zero-order valence-corrected chi connectivity index (χ0v) is 12.0. The Labute approximate surface area is 110 Å². The molecule has 1 rings (SSSR count). The van der Waals surface area contributed by atoms with Gasteiger partial charge in [0.05, 0.1) is 0 Å². The average Bonchev–Trinajstić information content (AvgIpc) is 2.29. The highest BCUT2D eigenvalue weighted by Crippen LogP contribution is 2.12. The highest BCUT2D eigenvalue weighted by Gasteiger charge is 2.08. The Morgan fingerprint density at radius 1 is 1.38 bits per heavy atom. The molecule has 0 bridgehead atoms. The van der Waals surface area contributed by atoms with Gasteiger partial charge < -0.3 is 4.90 Å². The van der Waals surface area contributed by atoms with Crippen LogP contribution in [0.25, 0.3) is 0 Å². The van der Waals surface area contributed by atoms with E-state index in [1.807, 2.05) is 37.6 Å². The van der Waals surface area contributed by atoms with E-state index in [4.69, 9.17) is 0 Å². The molecule has 1 aromatic carbocycles. The van der Waals surface area contributed by atoms with Gasteiger partial charge in [0.15, 0.2) is 0 Å². The van der Waals surface area contributed by atoms with Gasteiger partial charge in [-0.3, -0.25) is 4.79 Å². The second-order valence-electron chi connectivity index (χ2n) is 3.62. The van der Waals surface area contributed by atoms with E-state index in [0.717, 1.165) is 15.8 Å². The summed E-state index contributed by atoms with van der Waals surface area (Å²) in [6, 6.07) is 8.05. The van der Waals surface area contributed by atoms with Gasteiger partial charge in [0.25, 0.3) is 0 Å². The third kappa shape index (κ3) is 4.58. The maximum Gasteiger partial charge on any atom is 0.223 e. The molecule has 0 aromatic heterocycles. The number of carbonyl (C=O) groups is 1. The molecule has 88 valence electrons. The van der Waals surface area contributed by atoms with Crippen LogP contribution in [-0.2, 0) is 11.3 Å². The lowest BCUT2D eigenvalue weighted by molar-refractivity contribution is -0.129. The van der Waals surface area contributed by atoms with Gasteiger partial charge in [-0.15, -0.1) is 0 Å². The predicted octanol–water partition coefficient (Wildman–Crippen LogP) is 3.16. The van der Waals surface area contributed by atoms with Crippen LogP contribution in [0.5, 0.6) is 0 Å². The van der Waals surface area contributed by atoms with Gasteiger partial charge in [0.1, 0.15) is 0 Å². The molecule has 0 saturated carbocycles. The van der Waals surface area contributed by atoms with Crippen molar-refractivity contribution in [3.05, 3.63) is 34.3 Å². The molecule has 0 saturated heterocycles. The second kappa shape index (κ2) is 6.97. The minimum atomic E-state index is 0.206. The lowest BCUT2D eigenvalue weighted by Crippen LogP contribution is -2.26. The van der Waals surface area contributed by atoms with E-state index in [-0.39, 0.29) is 5.91 Å². The van der Waals surface area contributed by atoms with Crippen molar-refractivity contribution in [2.75, 3.05) is 19.1 Å². The first-order valence-electron chi connectivity index (χ1n) is 5.11. The van der Waals surface area contributed by atoms with Crippen molar-refractivity contribution in [3.8, 4) is 0 Å². The monoisotopic (exact) mass is 301 g/mol. The van der Waals surface area contributed by atoms with E-state index in [0.29, 0.717) is 13.0 Å². The van der Waals surface area contributed by atoms with Crippen molar-refractivity contribution in [3.63, 3.8) is 0 Å². The normalized spacial score (nSPS) is 10.2. The van der Waals surface area contributed by atoms with Crippen LogP contribution in [0.3, 0.4) is 0 Å². The lowest BCUT2D eigenvalue weighted by Gasteiger charge is -2.17. The topological polar surface area (TPSA) is 20.3 Å². The molecule has 0 spiro atoms. The zero-order valence-electron chi connectivity index (χ0n) is 9.57. The molecule has 4 heteroatoms. The molecule has 0 radical (unpaired) electrons. The Kier molecular flexibility index (Phi) is 5.91. The molecular formula is C12H16BrNOS. The minimum absolute atomic E-state index is 0.206. The first kappa shape index (κ1) is 13.6. The van der Waals surface area contributed by atoms with E-state index in [1.54, 1.807) is 16.7 Å².